The highest BCUT2D eigenvalue weighted by Crippen LogP contribution is 2.37. The first-order valence-electron chi connectivity index (χ1n) is 10.2. The van der Waals surface area contributed by atoms with Crippen LogP contribution in [-0.2, 0) is 17.8 Å². The van der Waals surface area contributed by atoms with Crippen LogP contribution in [0.3, 0.4) is 0 Å². The van der Waals surface area contributed by atoms with Gasteiger partial charge in [-0.15, -0.1) is 0 Å². The molecule has 1 aromatic heterocycles. The van der Waals surface area contributed by atoms with Gasteiger partial charge >= 0.3 is 0 Å². The quantitative estimate of drug-likeness (QED) is 0.777. The van der Waals surface area contributed by atoms with Crippen LogP contribution in [0, 0.1) is 17.7 Å². The number of methoxy groups -OCH3 is 1. The number of carbonyl (C=O) groups excluding carboxylic acids is 1. The number of benzene rings is 1. The summed E-state index contributed by atoms with van der Waals surface area (Å²) in [5, 5.41) is 3.26. The van der Waals surface area contributed by atoms with Crippen LogP contribution in [0.5, 0.6) is 5.75 Å². The molecule has 2 aromatic rings. The van der Waals surface area contributed by atoms with Gasteiger partial charge < -0.3 is 10.1 Å². The van der Waals surface area contributed by atoms with Gasteiger partial charge in [-0.2, -0.15) is 0 Å². The van der Waals surface area contributed by atoms with Crippen LogP contribution in [0.4, 0.5) is 4.39 Å². The molecule has 0 spiro atoms. The van der Waals surface area contributed by atoms with E-state index in [2.05, 4.69) is 20.2 Å². The molecule has 1 saturated heterocycles. The van der Waals surface area contributed by atoms with Crippen molar-refractivity contribution in [2.45, 2.75) is 38.3 Å². The number of carbonyl (C=O) groups is 1. The van der Waals surface area contributed by atoms with Gasteiger partial charge in [0.25, 0.3) is 0 Å². The molecule has 2 fully saturated rings. The lowest BCUT2D eigenvalue weighted by atomic mass is 9.91. The molecule has 6 nitrogen and oxygen atoms in total. The number of nitrogens with zero attached hydrogens (tertiary/aromatic N) is 3. The number of likely N-dealkylation sites (tertiary alicyclic amines) is 1. The largest absolute Gasteiger partial charge is 0.497 e. The van der Waals surface area contributed by atoms with Crippen LogP contribution < -0.4 is 10.1 Å². The summed E-state index contributed by atoms with van der Waals surface area (Å²) in [6.45, 7) is 2.37. The van der Waals surface area contributed by atoms with Gasteiger partial charge in [0.1, 0.15) is 11.6 Å². The summed E-state index contributed by atoms with van der Waals surface area (Å²) in [6, 6.07) is 5.27. The van der Waals surface area contributed by atoms with Crippen molar-refractivity contribution in [3.63, 3.8) is 0 Å². The number of hydrogen-bond donors (Lipinski definition) is 1. The Hall–Kier alpha value is -2.54. The van der Waals surface area contributed by atoms with E-state index < -0.39 is 0 Å². The Morgan fingerprint density at radius 3 is 2.72 bits per heavy atom. The fourth-order valence-electron chi connectivity index (χ4n) is 4.67. The number of fused-ring (bicyclic) bond motifs is 2. The summed E-state index contributed by atoms with van der Waals surface area (Å²) in [7, 11) is 1.54. The number of rotatable bonds is 7. The molecule has 1 aromatic carbocycles. The molecule has 1 amide bonds. The molecule has 2 heterocycles. The standard InChI is InChI=1S/C22H27FN4O2/c1-29-19-6-4-15(20(23)10-19)12-27-13-16-2-3-17(14-27)22(16)26-21(28)7-5-18-11-24-8-9-25-18/h4,6,8-11,16-17,22H,2-3,5,7,12-14H2,1H3,(H,26,28). The minimum atomic E-state index is -0.226. The molecular weight excluding hydrogens is 371 g/mol. The van der Waals surface area contributed by atoms with Gasteiger partial charge in [-0.25, -0.2) is 4.39 Å². The van der Waals surface area contributed by atoms with Gasteiger partial charge in [0.05, 0.1) is 12.8 Å². The number of piperidine rings is 1. The van der Waals surface area contributed by atoms with E-state index >= 15 is 0 Å². The van der Waals surface area contributed by atoms with Gasteiger partial charge in [-0.1, -0.05) is 6.07 Å². The molecule has 7 heteroatoms. The predicted octanol–water partition coefficient (Wildman–Crippen LogP) is 2.58. The van der Waals surface area contributed by atoms with Gasteiger partial charge in [-0.3, -0.25) is 19.7 Å². The van der Waals surface area contributed by atoms with Crippen LogP contribution in [0.15, 0.2) is 36.8 Å². The number of amides is 1. The number of hydrogen-bond acceptors (Lipinski definition) is 5. The van der Waals surface area contributed by atoms with Crippen LogP contribution in [0.2, 0.25) is 0 Å². The third-order valence-electron chi connectivity index (χ3n) is 6.12. The second-order valence-electron chi connectivity index (χ2n) is 8.04. The molecule has 1 N–H and O–H groups in total. The second-order valence-corrected chi connectivity index (χ2v) is 8.04. The monoisotopic (exact) mass is 398 g/mol. The van der Waals surface area contributed by atoms with Crippen molar-refractivity contribution in [1.82, 2.24) is 20.2 Å². The minimum absolute atomic E-state index is 0.0761. The molecule has 4 rings (SSSR count). The zero-order valence-electron chi connectivity index (χ0n) is 16.7. The highest BCUT2D eigenvalue weighted by atomic mass is 19.1. The average Bonchev–Trinajstić information content (AvgIpc) is 2.96. The topological polar surface area (TPSA) is 67.3 Å². The first-order valence-corrected chi connectivity index (χ1v) is 10.2. The molecule has 2 unspecified atom stereocenters. The van der Waals surface area contributed by atoms with E-state index in [1.54, 1.807) is 37.8 Å². The molecule has 2 aliphatic rings. The molecule has 154 valence electrons. The highest BCUT2D eigenvalue weighted by Gasteiger charge is 2.42. The van der Waals surface area contributed by atoms with Crippen molar-refractivity contribution in [3.05, 3.63) is 53.9 Å². The first-order chi connectivity index (χ1) is 14.1. The number of aryl methyl sites for hydroxylation is 1. The van der Waals surface area contributed by atoms with Crippen LogP contribution in [0.25, 0.3) is 0 Å². The highest BCUT2D eigenvalue weighted by molar-refractivity contribution is 5.76. The molecule has 2 bridgehead atoms. The molecule has 0 radical (unpaired) electrons. The van der Waals surface area contributed by atoms with Crippen molar-refractivity contribution in [1.29, 1.82) is 0 Å². The smallest absolute Gasteiger partial charge is 0.220 e. The van der Waals surface area contributed by atoms with Gasteiger partial charge in [0.2, 0.25) is 5.91 Å². The Morgan fingerprint density at radius 1 is 1.28 bits per heavy atom. The van der Waals surface area contributed by atoms with Gasteiger partial charge in [-0.05, 0) is 37.2 Å². The Bertz CT molecular complexity index is 834. The Morgan fingerprint density at radius 2 is 2.07 bits per heavy atom. The summed E-state index contributed by atoms with van der Waals surface area (Å²) in [5.74, 6) is 1.24. The summed E-state index contributed by atoms with van der Waals surface area (Å²) >= 11 is 0. The maximum atomic E-state index is 14.3. The second kappa shape index (κ2) is 8.86. The summed E-state index contributed by atoms with van der Waals surface area (Å²) in [6.07, 6.45) is 8.23. The zero-order chi connectivity index (χ0) is 20.2. The van der Waals surface area contributed by atoms with Gasteiger partial charge in [0.15, 0.2) is 0 Å². The van der Waals surface area contributed by atoms with Crippen molar-refractivity contribution in [3.8, 4) is 5.75 Å². The maximum absolute atomic E-state index is 14.3. The zero-order valence-corrected chi connectivity index (χ0v) is 16.7. The van der Waals surface area contributed by atoms with E-state index in [4.69, 9.17) is 4.74 Å². The van der Waals surface area contributed by atoms with Gasteiger partial charge in [0, 0.05) is 62.3 Å². The number of nitrogens with one attached hydrogen (secondary N) is 1. The Labute approximate surface area is 170 Å². The number of halogens is 1. The molecule has 1 saturated carbocycles. The van der Waals surface area contributed by atoms with E-state index in [1.807, 2.05) is 0 Å². The van der Waals surface area contributed by atoms with Crippen LogP contribution in [0.1, 0.15) is 30.5 Å². The van der Waals surface area contributed by atoms with E-state index in [0.29, 0.717) is 42.5 Å². The van der Waals surface area contributed by atoms with Crippen LogP contribution >= 0.6 is 0 Å². The molecular formula is C22H27FN4O2. The lowest BCUT2D eigenvalue weighted by Crippen LogP contribution is -2.52. The maximum Gasteiger partial charge on any atom is 0.220 e. The Kier molecular flexibility index (Phi) is 6.04. The van der Waals surface area contributed by atoms with E-state index in [9.17, 15) is 9.18 Å². The van der Waals surface area contributed by atoms with Crippen molar-refractivity contribution in [2.75, 3.05) is 20.2 Å². The van der Waals surface area contributed by atoms with Crippen molar-refractivity contribution >= 4 is 5.91 Å². The van der Waals surface area contributed by atoms with Crippen molar-refractivity contribution < 1.29 is 13.9 Å². The lowest BCUT2D eigenvalue weighted by molar-refractivity contribution is -0.122. The molecule has 2 atom stereocenters. The molecule has 1 aliphatic carbocycles. The summed E-state index contributed by atoms with van der Waals surface area (Å²) in [5.41, 5.74) is 1.53. The van der Waals surface area contributed by atoms with Crippen molar-refractivity contribution in [2.24, 2.45) is 11.8 Å². The lowest BCUT2D eigenvalue weighted by Gasteiger charge is -2.38. The minimum Gasteiger partial charge on any atom is -0.497 e. The average molecular weight is 398 g/mol. The fourth-order valence-corrected chi connectivity index (χ4v) is 4.67. The van der Waals surface area contributed by atoms with E-state index in [-0.39, 0.29) is 17.8 Å². The number of ether oxygens (including phenoxy) is 1. The normalized spacial score (nSPS) is 23.7. The Balaban J connectivity index is 1.30. The molecule has 29 heavy (non-hydrogen) atoms. The third kappa shape index (κ3) is 4.72. The predicted molar refractivity (Wildman–Crippen MR) is 107 cm³/mol. The third-order valence-corrected chi connectivity index (χ3v) is 6.12. The number of aromatic nitrogens is 2. The first kappa shape index (κ1) is 19.8. The van der Waals surface area contributed by atoms with Crippen LogP contribution in [-0.4, -0.2) is 47.0 Å². The SMILES string of the molecule is COc1ccc(CN2CC3CCC(C2)C3NC(=O)CCc2cnccn2)c(F)c1. The summed E-state index contributed by atoms with van der Waals surface area (Å²) in [4.78, 5) is 23.0. The fraction of sp³-hybridized carbons (Fsp3) is 0.500. The van der Waals surface area contributed by atoms with E-state index in [0.717, 1.165) is 31.6 Å². The molecule has 1 aliphatic heterocycles. The summed E-state index contributed by atoms with van der Waals surface area (Å²) < 4.78 is 19.4. The van der Waals surface area contributed by atoms with E-state index in [1.165, 1.54) is 6.07 Å².